The molecule has 3 nitrogen and oxygen atoms in total. The van der Waals surface area contributed by atoms with Crippen molar-refractivity contribution < 1.29 is 9.53 Å². The van der Waals surface area contributed by atoms with E-state index in [2.05, 4.69) is 10.1 Å². The van der Waals surface area contributed by atoms with Crippen LogP contribution in [0.5, 0.6) is 0 Å². The third kappa shape index (κ3) is 4.51. The van der Waals surface area contributed by atoms with Crippen LogP contribution in [0.4, 0.5) is 5.69 Å². The van der Waals surface area contributed by atoms with Gasteiger partial charge in [-0.05, 0) is 24.3 Å². The Kier molecular flexibility index (Phi) is 5.76. The second-order valence-electron chi connectivity index (χ2n) is 4.22. The number of rotatable bonds is 5. The highest BCUT2D eigenvalue weighted by atomic mass is 35.5. The van der Waals surface area contributed by atoms with E-state index in [-0.39, 0.29) is 12.4 Å². The van der Waals surface area contributed by atoms with E-state index in [1.165, 1.54) is 7.11 Å². The number of thiophene rings is 1. The summed E-state index contributed by atoms with van der Waals surface area (Å²) in [4.78, 5) is 13.2. The number of hydrogen-bond donors (Lipinski definition) is 1. The third-order valence-corrected chi connectivity index (χ3v) is 4.85. The summed E-state index contributed by atoms with van der Waals surface area (Å²) in [6.45, 7) is 0.587. The van der Waals surface area contributed by atoms with Gasteiger partial charge in [0.2, 0.25) is 0 Å². The number of anilines is 1. The van der Waals surface area contributed by atoms with Gasteiger partial charge in [0, 0.05) is 16.3 Å². The van der Waals surface area contributed by atoms with Crippen LogP contribution in [-0.2, 0) is 22.5 Å². The number of nitrogens with one attached hydrogen (secondary N) is 1. The van der Waals surface area contributed by atoms with E-state index in [1.54, 1.807) is 23.5 Å². The van der Waals surface area contributed by atoms with Crippen LogP contribution in [-0.4, -0.2) is 13.1 Å². The molecule has 0 aliphatic carbocycles. The summed E-state index contributed by atoms with van der Waals surface area (Å²) in [6.07, 6.45) is 0.286. The fraction of sp³-hybridized carbons (Fsp3) is 0.214. The van der Waals surface area contributed by atoms with Crippen LogP contribution in [0.1, 0.15) is 9.75 Å². The lowest BCUT2D eigenvalue weighted by atomic mass is 10.3. The van der Waals surface area contributed by atoms with E-state index >= 15 is 0 Å². The van der Waals surface area contributed by atoms with E-state index in [9.17, 15) is 4.79 Å². The molecule has 0 fully saturated rings. The van der Waals surface area contributed by atoms with E-state index in [1.807, 2.05) is 12.1 Å². The monoisotopic (exact) mass is 363 g/mol. The molecule has 0 spiro atoms. The zero-order valence-electron chi connectivity index (χ0n) is 11.1. The smallest absolute Gasteiger partial charge is 0.310 e. The number of carbonyl (C=O) groups excluding carboxylic acids is 1. The first kappa shape index (κ1) is 16.4. The zero-order chi connectivity index (χ0) is 15.4. The summed E-state index contributed by atoms with van der Waals surface area (Å²) in [5, 5.41) is 4.57. The van der Waals surface area contributed by atoms with E-state index in [0.717, 1.165) is 9.75 Å². The zero-order valence-corrected chi connectivity index (χ0v) is 14.2. The Bertz CT molecular complexity index is 658. The molecule has 0 aliphatic rings. The van der Waals surface area contributed by atoms with Gasteiger partial charge in [0.1, 0.15) is 0 Å². The molecule has 1 aromatic carbocycles. The number of hydrogen-bond acceptors (Lipinski definition) is 4. The molecule has 0 radical (unpaired) electrons. The van der Waals surface area contributed by atoms with E-state index < -0.39 is 0 Å². The normalized spacial score (nSPS) is 10.5. The fourth-order valence-corrected chi connectivity index (χ4v) is 3.22. The maximum Gasteiger partial charge on any atom is 0.310 e. The van der Waals surface area contributed by atoms with Crippen molar-refractivity contribution in [3.05, 3.63) is 49.1 Å². The molecule has 1 aromatic heterocycles. The Balaban J connectivity index is 2.00. The number of benzene rings is 1. The molecule has 21 heavy (non-hydrogen) atoms. The molecule has 0 saturated carbocycles. The van der Waals surface area contributed by atoms with Crippen molar-refractivity contribution in [3.8, 4) is 0 Å². The molecule has 0 amide bonds. The highest BCUT2D eigenvalue weighted by Gasteiger charge is 2.08. The van der Waals surface area contributed by atoms with Gasteiger partial charge in [-0.1, -0.05) is 34.8 Å². The topological polar surface area (TPSA) is 38.3 Å². The van der Waals surface area contributed by atoms with Gasteiger partial charge in [-0.25, -0.2) is 0 Å². The summed E-state index contributed by atoms with van der Waals surface area (Å²) in [5.74, 6) is -0.246. The molecule has 0 atom stereocenters. The van der Waals surface area contributed by atoms with Crippen LogP contribution in [0.3, 0.4) is 0 Å². The van der Waals surface area contributed by atoms with Crippen LogP contribution in [0.2, 0.25) is 15.1 Å². The van der Waals surface area contributed by atoms with Gasteiger partial charge in [-0.15, -0.1) is 11.3 Å². The molecule has 0 bridgehead atoms. The number of halogens is 3. The molecule has 2 rings (SSSR count). The van der Waals surface area contributed by atoms with Crippen molar-refractivity contribution in [2.45, 2.75) is 13.0 Å². The number of carbonyl (C=O) groups is 1. The quantitative estimate of drug-likeness (QED) is 0.597. The molecule has 0 unspecified atom stereocenters. The lowest BCUT2D eigenvalue weighted by molar-refractivity contribution is -0.139. The summed E-state index contributed by atoms with van der Waals surface area (Å²) >= 11 is 19.5. The average Bonchev–Trinajstić information content (AvgIpc) is 2.88. The first-order valence-electron chi connectivity index (χ1n) is 6.02. The second kappa shape index (κ2) is 7.36. The van der Waals surface area contributed by atoms with Crippen LogP contribution < -0.4 is 5.32 Å². The fourth-order valence-electron chi connectivity index (χ4n) is 1.67. The van der Waals surface area contributed by atoms with Crippen molar-refractivity contribution in [2.75, 3.05) is 12.4 Å². The molecule has 0 aliphatic heterocycles. The second-order valence-corrected chi connectivity index (χ2v) is 6.70. The van der Waals surface area contributed by atoms with Crippen molar-refractivity contribution in [2.24, 2.45) is 0 Å². The third-order valence-electron chi connectivity index (χ3n) is 2.73. The van der Waals surface area contributed by atoms with Crippen LogP contribution >= 0.6 is 46.1 Å². The van der Waals surface area contributed by atoms with E-state index in [4.69, 9.17) is 34.8 Å². The summed E-state index contributed by atoms with van der Waals surface area (Å²) < 4.78 is 4.64. The average molecular weight is 365 g/mol. The Morgan fingerprint density at radius 1 is 1.14 bits per heavy atom. The molecule has 0 saturated heterocycles. The van der Waals surface area contributed by atoms with Gasteiger partial charge in [-0.3, -0.25) is 4.79 Å². The van der Waals surface area contributed by atoms with Gasteiger partial charge in [-0.2, -0.15) is 0 Å². The van der Waals surface area contributed by atoms with E-state index in [0.29, 0.717) is 27.3 Å². The van der Waals surface area contributed by atoms with Gasteiger partial charge in [0.25, 0.3) is 0 Å². The summed E-state index contributed by atoms with van der Waals surface area (Å²) in [5.41, 5.74) is 0.717. The standard InChI is InChI=1S/C14H12Cl3NO2S/c1-20-14(19)4-8-2-3-9(21-8)7-18-13-6-11(16)10(15)5-12(13)17/h2-3,5-6,18H,4,7H2,1H3. The van der Waals surface area contributed by atoms with Crippen LogP contribution in [0.25, 0.3) is 0 Å². The van der Waals surface area contributed by atoms with Gasteiger partial charge >= 0.3 is 5.97 Å². The van der Waals surface area contributed by atoms with Crippen LogP contribution in [0, 0.1) is 0 Å². The molecule has 1 heterocycles. The molecule has 2 aromatic rings. The minimum atomic E-state index is -0.246. The largest absolute Gasteiger partial charge is 0.469 e. The summed E-state index contributed by atoms with van der Waals surface area (Å²) in [6, 6.07) is 7.16. The predicted octanol–water partition coefficient (Wildman–Crippen LogP) is 5.04. The van der Waals surface area contributed by atoms with Gasteiger partial charge in [0.15, 0.2) is 0 Å². The maximum atomic E-state index is 11.2. The first-order valence-corrected chi connectivity index (χ1v) is 7.97. The van der Waals surface area contributed by atoms with Crippen molar-refractivity contribution in [1.29, 1.82) is 0 Å². The minimum absolute atomic E-state index is 0.246. The molecular weight excluding hydrogens is 353 g/mol. The Hall–Kier alpha value is -0.940. The van der Waals surface area contributed by atoms with Crippen molar-refractivity contribution in [1.82, 2.24) is 0 Å². The molecule has 112 valence electrons. The van der Waals surface area contributed by atoms with Gasteiger partial charge in [0.05, 0.1) is 34.3 Å². The highest BCUT2D eigenvalue weighted by Crippen LogP contribution is 2.32. The highest BCUT2D eigenvalue weighted by molar-refractivity contribution is 7.12. The Morgan fingerprint density at radius 3 is 2.52 bits per heavy atom. The molecule has 7 heteroatoms. The number of ether oxygens (including phenoxy) is 1. The Labute approximate surface area is 141 Å². The molecular formula is C14H12Cl3NO2S. The number of methoxy groups -OCH3 is 1. The van der Waals surface area contributed by atoms with Crippen molar-refractivity contribution >= 4 is 57.8 Å². The van der Waals surface area contributed by atoms with Gasteiger partial charge < -0.3 is 10.1 Å². The summed E-state index contributed by atoms with van der Waals surface area (Å²) in [7, 11) is 1.38. The predicted molar refractivity (Wildman–Crippen MR) is 88.8 cm³/mol. The maximum absolute atomic E-state index is 11.2. The molecule has 1 N–H and O–H groups in total. The number of esters is 1. The Morgan fingerprint density at radius 2 is 1.81 bits per heavy atom. The SMILES string of the molecule is COC(=O)Cc1ccc(CNc2cc(Cl)c(Cl)cc2Cl)s1. The minimum Gasteiger partial charge on any atom is -0.469 e. The van der Waals surface area contributed by atoms with Crippen LogP contribution in [0.15, 0.2) is 24.3 Å². The lowest BCUT2D eigenvalue weighted by Gasteiger charge is -2.08. The lowest BCUT2D eigenvalue weighted by Crippen LogP contribution is -2.02. The van der Waals surface area contributed by atoms with Crippen molar-refractivity contribution in [3.63, 3.8) is 0 Å². The first-order chi connectivity index (χ1) is 9.99.